The lowest BCUT2D eigenvalue weighted by Crippen LogP contribution is -2.48. The number of pyridine rings is 3. The third-order valence-corrected chi connectivity index (χ3v) is 6.41. The molecule has 14 heteroatoms. The number of amides is 1. The molecule has 3 aromatic rings. The second-order valence-corrected chi connectivity index (χ2v) is 9.11. The SMILES string of the molecule is O=C(NC(C1CC1)C(F)(F)F)c1cn(-c2ncc(F)cc2F)c2nc(N3C[C@@H](O)[C@H](O)C3)ccc2c1=O. The second kappa shape index (κ2) is 9.03. The van der Waals surface area contributed by atoms with Crippen molar-refractivity contribution in [2.45, 2.75) is 37.3 Å². The zero-order chi connectivity index (χ0) is 26.6. The fraction of sp³-hybridized carbons (Fsp3) is 0.391. The number of fused-ring (bicyclic) bond motifs is 1. The number of nitrogens with one attached hydrogen (secondary N) is 1. The smallest absolute Gasteiger partial charge is 0.389 e. The molecule has 3 atom stereocenters. The second-order valence-electron chi connectivity index (χ2n) is 9.11. The van der Waals surface area contributed by atoms with Crippen molar-refractivity contribution in [1.82, 2.24) is 19.9 Å². The maximum absolute atomic E-state index is 14.7. The van der Waals surface area contributed by atoms with E-state index in [-0.39, 0.29) is 42.8 Å². The van der Waals surface area contributed by atoms with Gasteiger partial charge >= 0.3 is 6.18 Å². The average molecular weight is 525 g/mol. The van der Waals surface area contributed by atoms with Crippen LogP contribution in [0.5, 0.6) is 0 Å². The standard InChI is InChI=1S/C23H20F5N5O4/c24-11-5-14(25)21(29-6-11)33-7-13(22(37)31-19(10-1-2-10)23(26,27)28)18(36)12-3-4-17(30-20(12)33)32-8-15(34)16(35)9-32/h3-7,10,15-16,19,34-35H,1-2,8-9H2,(H,31,37)/t15-,16-,19?/m1/s1. The molecule has 0 spiro atoms. The molecule has 3 N–H and O–H groups in total. The van der Waals surface area contributed by atoms with Crippen LogP contribution in [0.15, 0.2) is 35.4 Å². The largest absolute Gasteiger partial charge is 0.408 e. The maximum Gasteiger partial charge on any atom is 0.408 e. The van der Waals surface area contributed by atoms with E-state index in [9.17, 15) is 41.8 Å². The van der Waals surface area contributed by atoms with Gasteiger partial charge in [0.15, 0.2) is 17.3 Å². The number of β-amino-alcohol motifs (C(OH)–C–C–N with tert-alkyl or cyclic N) is 2. The molecule has 196 valence electrons. The fourth-order valence-corrected chi connectivity index (χ4v) is 4.35. The highest BCUT2D eigenvalue weighted by Gasteiger charge is 2.50. The van der Waals surface area contributed by atoms with Gasteiger partial charge in [-0.2, -0.15) is 13.2 Å². The predicted octanol–water partition coefficient (Wildman–Crippen LogP) is 1.67. The van der Waals surface area contributed by atoms with Crippen molar-refractivity contribution in [3.05, 3.63) is 58.0 Å². The van der Waals surface area contributed by atoms with Crippen LogP contribution in [0, 0.1) is 17.6 Å². The zero-order valence-corrected chi connectivity index (χ0v) is 18.9. The Balaban J connectivity index is 1.65. The molecule has 37 heavy (non-hydrogen) atoms. The summed E-state index contributed by atoms with van der Waals surface area (Å²) < 4.78 is 69.6. The molecule has 1 unspecified atom stereocenters. The van der Waals surface area contributed by atoms with Crippen molar-refractivity contribution in [3.63, 3.8) is 0 Å². The fourth-order valence-electron chi connectivity index (χ4n) is 4.35. The molecule has 4 heterocycles. The number of carbonyl (C=O) groups is 1. The third-order valence-electron chi connectivity index (χ3n) is 6.41. The number of rotatable bonds is 5. The molecule has 1 amide bonds. The Kier molecular flexibility index (Phi) is 6.10. The number of alkyl halides is 3. The van der Waals surface area contributed by atoms with Crippen LogP contribution in [-0.4, -0.2) is 68.2 Å². The van der Waals surface area contributed by atoms with Crippen LogP contribution in [0.1, 0.15) is 23.2 Å². The van der Waals surface area contributed by atoms with Crippen LogP contribution in [0.4, 0.5) is 27.8 Å². The Morgan fingerprint density at radius 2 is 1.81 bits per heavy atom. The number of hydrogen-bond acceptors (Lipinski definition) is 7. The summed E-state index contributed by atoms with van der Waals surface area (Å²) in [5.41, 5.74) is -1.89. The number of halogens is 5. The number of anilines is 1. The minimum Gasteiger partial charge on any atom is -0.389 e. The monoisotopic (exact) mass is 525 g/mol. The van der Waals surface area contributed by atoms with Gasteiger partial charge in [0.05, 0.1) is 23.8 Å². The minimum absolute atomic E-state index is 0.00749. The predicted molar refractivity (Wildman–Crippen MR) is 119 cm³/mol. The number of nitrogens with zero attached hydrogens (tertiary/aromatic N) is 4. The van der Waals surface area contributed by atoms with Gasteiger partial charge in [0.2, 0.25) is 5.43 Å². The Hall–Kier alpha value is -3.65. The zero-order valence-electron chi connectivity index (χ0n) is 18.9. The molecular weight excluding hydrogens is 505 g/mol. The maximum atomic E-state index is 14.7. The van der Waals surface area contributed by atoms with Crippen molar-refractivity contribution in [3.8, 4) is 5.82 Å². The highest BCUT2D eigenvalue weighted by Crippen LogP contribution is 2.40. The van der Waals surface area contributed by atoms with Crippen LogP contribution in [0.3, 0.4) is 0 Å². The first-order chi connectivity index (χ1) is 17.4. The minimum atomic E-state index is -4.74. The molecule has 1 saturated carbocycles. The van der Waals surface area contributed by atoms with E-state index in [1.165, 1.54) is 17.0 Å². The van der Waals surface area contributed by atoms with Crippen LogP contribution in [0.25, 0.3) is 16.9 Å². The molecule has 9 nitrogen and oxygen atoms in total. The van der Waals surface area contributed by atoms with E-state index < -0.39 is 64.7 Å². The lowest BCUT2D eigenvalue weighted by molar-refractivity contribution is -0.158. The average Bonchev–Trinajstić information content (AvgIpc) is 3.61. The Bertz CT molecular complexity index is 1430. The van der Waals surface area contributed by atoms with Crippen molar-refractivity contribution in [2.75, 3.05) is 18.0 Å². The van der Waals surface area contributed by atoms with E-state index in [0.717, 1.165) is 10.8 Å². The van der Waals surface area contributed by atoms with Crippen molar-refractivity contribution >= 4 is 22.8 Å². The van der Waals surface area contributed by atoms with Crippen LogP contribution < -0.4 is 15.6 Å². The Labute approximate surface area is 205 Å². The number of aliphatic hydroxyl groups excluding tert-OH is 2. The number of aromatic nitrogens is 3. The van der Waals surface area contributed by atoms with Gasteiger partial charge in [-0.25, -0.2) is 18.7 Å². The van der Waals surface area contributed by atoms with Gasteiger partial charge in [0.1, 0.15) is 23.2 Å². The van der Waals surface area contributed by atoms with Gasteiger partial charge < -0.3 is 20.4 Å². The van der Waals surface area contributed by atoms with E-state index in [0.29, 0.717) is 12.3 Å². The molecule has 3 aromatic heterocycles. The Morgan fingerprint density at radius 3 is 2.41 bits per heavy atom. The van der Waals surface area contributed by atoms with Gasteiger partial charge in [-0.05, 0) is 30.9 Å². The Morgan fingerprint density at radius 1 is 1.14 bits per heavy atom. The summed E-state index contributed by atoms with van der Waals surface area (Å²) in [6.07, 6.45) is -4.82. The summed E-state index contributed by atoms with van der Waals surface area (Å²) in [4.78, 5) is 35.6. The lowest BCUT2D eigenvalue weighted by Gasteiger charge is -2.22. The molecule has 2 aliphatic rings. The van der Waals surface area contributed by atoms with E-state index in [4.69, 9.17) is 0 Å². The molecular formula is C23H20F5N5O4. The summed E-state index contributed by atoms with van der Waals surface area (Å²) in [6, 6.07) is 0.958. The quantitative estimate of drug-likeness (QED) is 0.434. The molecule has 0 bridgehead atoms. The van der Waals surface area contributed by atoms with E-state index in [2.05, 4.69) is 9.97 Å². The van der Waals surface area contributed by atoms with Gasteiger partial charge in [-0.3, -0.25) is 14.2 Å². The lowest BCUT2D eigenvalue weighted by atomic mass is 10.1. The molecule has 0 radical (unpaired) electrons. The van der Waals surface area contributed by atoms with Crippen LogP contribution >= 0.6 is 0 Å². The van der Waals surface area contributed by atoms with E-state index in [1.54, 1.807) is 0 Å². The molecule has 0 aromatic carbocycles. The number of aliphatic hydroxyl groups is 2. The molecule has 1 saturated heterocycles. The van der Waals surface area contributed by atoms with E-state index >= 15 is 0 Å². The number of hydrogen-bond donors (Lipinski definition) is 3. The van der Waals surface area contributed by atoms with Gasteiger partial charge in [-0.1, -0.05) is 0 Å². The third kappa shape index (κ3) is 4.73. The van der Waals surface area contributed by atoms with Crippen molar-refractivity contribution in [1.29, 1.82) is 0 Å². The number of carbonyl (C=O) groups excluding carboxylic acids is 1. The van der Waals surface area contributed by atoms with Crippen molar-refractivity contribution < 1.29 is 37.0 Å². The van der Waals surface area contributed by atoms with Gasteiger partial charge in [-0.15, -0.1) is 0 Å². The molecule has 5 rings (SSSR count). The summed E-state index contributed by atoms with van der Waals surface area (Å²) in [7, 11) is 0. The summed E-state index contributed by atoms with van der Waals surface area (Å²) in [5, 5.41) is 21.3. The molecule has 1 aliphatic heterocycles. The molecule has 1 aliphatic carbocycles. The summed E-state index contributed by atoms with van der Waals surface area (Å²) >= 11 is 0. The normalized spacial score (nSPS) is 20.9. The van der Waals surface area contributed by atoms with Crippen LogP contribution in [-0.2, 0) is 0 Å². The van der Waals surface area contributed by atoms with Gasteiger partial charge in [0.25, 0.3) is 5.91 Å². The summed E-state index contributed by atoms with van der Waals surface area (Å²) in [6.45, 7) is 0.0150. The summed E-state index contributed by atoms with van der Waals surface area (Å²) in [5.74, 6) is -4.68. The van der Waals surface area contributed by atoms with E-state index in [1.807, 2.05) is 5.32 Å². The van der Waals surface area contributed by atoms with Crippen LogP contribution in [0.2, 0.25) is 0 Å². The molecule has 2 fully saturated rings. The first kappa shape index (κ1) is 25.0. The highest BCUT2D eigenvalue weighted by atomic mass is 19.4. The first-order valence-corrected chi connectivity index (χ1v) is 11.3. The topological polar surface area (TPSA) is 121 Å². The van der Waals surface area contributed by atoms with Gasteiger partial charge in [0, 0.05) is 25.4 Å². The van der Waals surface area contributed by atoms with Crippen molar-refractivity contribution in [2.24, 2.45) is 5.92 Å². The first-order valence-electron chi connectivity index (χ1n) is 11.3. The highest BCUT2D eigenvalue weighted by molar-refractivity contribution is 5.97.